The minimum atomic E-state index is -1.11. The number of rotatable bonds is 5. The molecule has 3 aromatic rings. The number of carbonyl (C=O) groups excluding carboxylic acids is 1. The first kappa shape index (κ1) is 22.9. The minimum absolute atomic E-state index is 0. The molecule has 1 unspecified atom stereocenters. The summed E-state index contributed by atoms with van der Waals surface area (Å²) in [5.41, 5.74) is 6.90. The van der Waals surface area contributed by atoms with Crippen molar-refractivity contribution in [2.45, 2.75) is 18.9 Å². The number of fused-ring (bicyclic) bond motifs is 1. The van der Waals surface area contributed by atoms with E-state index in [2.05, 4.69) is 10.3 Å². The van der Waals surface area contributed by atoms with Crippen LogP contribution in [0.3, 0.4) is 0 Å². The van der Waals surface area contributed by atoms with E-state index in [0.717, 1.165) is 11.1 Å². The Labute approximate surface area is 170 Å². The van der Waals surface area contributed by atoms with Crippen molar-refractivity contribution >= 4 is 41.8 Å². The summed E-state index contributed by atoms with van der Waals surface area (Å²) < 4.78 is 15.6. The number of nitrogens with one attached hydrogen (secondary N) is 1. The van der Waals surface area contributed by atoms with Gasteiger partial charge in [0, 0.05) is 20.0 Å². The normalized spacial score (nSPS) is 12.6. The fraction of sp³-hybridized carbons (Fsp3) is 0.263. The quantitative estimate of drug-likeness (QED) is 0.675. The number of hydrogen-bond acceptors (Lipinski definition) is 3. The first-order chi connectivity index (χ1) is 11.9. The molecule has 3 rings (SSSR count). The molecule has 0 bridgehead atoms. The molecule has 8 heteroatoms. The molecular weight excluding hydrogens is 390 g/mol. The second kappa shape index (κ2) is 9.17. The molecule has 5 nitrogen and oxygen atoms in total. The van der Waals surface area contributed by atoms with Gasteiger partial charge in [0.1, 0.15) is 16.9 Å². The molecule has 0 fully saturated rings. The third-order valence-electron chi connectivity index (χ3n) is 4.43. The summed E-state index contributed by atoms with van der Waals surface area (Å²) in [4.78, 5) is 16.8. The topological polar surface area (TPSA) is 72.9 Å². The Balaban J connectivity index is 0.00000182. The van der Waals surface area contributed by atoms with Crippen LogP contribution in [-0.4, -0.2) is 22.0 Å². The van der Waals surface area contributed by atoms with Crippen LogP contribution in [0.4, 0.5) is 4.39 Å². The average molecular weight is 413 g/mol. The molecule has 2 aromatic carbocycles. The van der Waals surface area contributed by atoms with Crippen molar-refractivity contribution in [3.05, 3.63) is 65.7 Å². The van der Waals surface area contributed by atoms with Gasteiger partial charge in [0.15, 0.2) is 5.82 Å². The summed E-state index contributed by atoms with van der Waals surface area (Å²) in [6, 6.07) is 14.1. The highest BCUT2D eigenvalue weighted by Gasteiger charge is 2.29. The summed E-state index contributed by atoms with van der Waals surface area (Å²) in [6.07, 6.45) is 0.487. The van der Waals surface area contributed by atoms with Crippen LogP contribution in [0.2, 0.25) is 0 Å². The molecule has 0 aliphatic heterocycles. The number of nitrogens with two attached hydrogens (primary N) is 1. The van der Waals surface area contributed by atoms with Crippen LogP contribution in [0.5, 0.6) is 0 Å². The second-order valence-corrected chi connectivity index (χ2v) is 6.27. The smallest absolute Gasteiger partial charge is 0.244 e. The third-order valence-corrected chi connectivity index (χ3v) is 4.43. The summed E-state index contributed by atoms with van der Waals surface area (Å²) in [6.45, 7) is 2.05. The van der Waals surface area contributed by atoms with Gasteiger partial charge in [-0.3, -0.25) is 4.79 Å². The largest absolute Gasteiger partial charge is 0.354 e. The van der Waals surface area contributed by atoms with Gasteiger partial charge in [-0.2, -0.15) is 0 Å². The van der Waals surface area contributed by atoms with E-state index >= 15 is 0 Å². The van der Waals surface area contributed by atoms with Crippen LogP contribution in [0, 0.1) is 5.82 Å². The number of amides is 1. The van der Waals surface area contributed by atoms with Gasteiger partial charge in [-0.1, -0.05) is 36.4 Å². The zero-order chi connectivity index (χ0) is 18.0. The van der Waals surface area contributed by atoms with Crippen molar-refractivity contribution in [3.63, 3.8) is 0 Å². The lowest BCUT2D eigenvalue weighted by Crippen LogP contribution is -2.49. The first-order valence-electron chi connectivity index (χ1n) is 8.14. The maximum Gasteiger partial charge on any atom is 0.244 e. The highest BCUT2D eigenvalue weighted by Crippen LogP contribution is 2.19. The molecule has 0 saturated heterocycles. The van der Waals surface area contributed by atoms with E-state index in [0.29, 0.717) is 24.3 Å². The second-order valence-electron chi connectivity index (χ2n) is 6.27. The lowest BCUT2D eigenvalue weighted by atomic mass is 9.92. The number of carbonyl (C=O) groups is 1. The molecule has 1 aromatic heterocycles. The summed E-state index contributed by atoms with van der Waals surface area (Å²) in [5, 5.41) is 2.85. The molecule has 0 saturated carbocycles. The number of halogens is 3. The van der Waals surface area contributed by atoms with Gasteiger partial charge in [-0.25, -0.2) is 9.37 Å². The van der Waals surface area contributed by atoms with Crippen LogP contribution in [0.25, 0.3) is 11.0 Å². The Bertz CT molecular complexity index is 913. The monoisotopic (exact) mass is 412 g/mol. The molecule has 0 aliphatic carbocycles. The van der Waals surface area contributed by atoms with Crippen LogP contribution in [0.15, 0.2) is 48.5 Å². The molecular formula is C19H23Cl2FN4O. The molecule has 1 atom stereocenters. The van der Waals surface area contributed by atoms with Gasteiger partial charge >= 0.3 is 0 Å². The average Bonchev–Trinajstić information content (AvgIpc) is 2.93. The molecule has 1 heterocycles. The Morgan fingerprint density at radius 2 is 1.85 bits per heavy atom. The van der Waals surface area contributed by atoms with Crippen LogP contribution in [-0.2, 0) is 23.8 Å². The SMILES string of the molecule is Cl.Cl.Cn1c(CCNC(=O)C(C)(N)c2ccccc2)nc2c(F)cccc21. The van der Waals surface area contributed by atoms with Gasteiger partial charge in [0.2, 0.25) is 5.91 Å². The predicted octanol–water partition coefficient (Wildman–Crippen LogP) is 3.09. The number of aromatic nitrogens is 2. The van der Waals surface area contributed by atoms with E-state index in [4.69, 9.17) is 5.73 Å². The summed E-state index contributed by atoms with van der Waals surface area (Å²) in [7, 11) is 1.84. The molecule has 1 amide bonds. The number of aryl methyl sites for hydroxylation is 1. The Hall–Kier alpha value is -2.15. The van der Waals surface area contributed by atoms with E-state index in [-0.39, 0.29) is 36.5 Å². The zero-order valence-electron chi connectivity index (χ0n) is 15.1. The van der Waals surface area contributed by atoms with Crippen molar-refractivity contribution in [1.29, 1.82) is 0 Å². The Morgan fingerprint density at radius 1 is 1.19 bits per heavy atom. The number of hydrogen-bond donors (Lipinski definition) is 2. The highest BCUT2D eigenvalue weighted by molar-refractivity contribution is 5.87. The van der Waals surface area contributed by atoms with Crippen molar-refractivity contribution in [2.75, 3.05) is 6.54 Å². The van der Waals surface area contributed by atoms with Gasteiger partial charge in [0.25, 0.3) is 0 Å². The minimum Gasteiger partial charge on any atom is -0.354 e. The van der Waals surface area contributed by atoms with Gasteiger partial charge in [-0.05, 0) is 24.6 Å². The Kier molecular flexibility index (Phi) is 7.77. The van der Waals surface area contributed by atoms with E-state index in [9.17, 15) is 9.18 Å². The maximum atomic E-state index is 13.8. The first-order valence-corrected chi connectivity index (χ1v) is 8.14. The molecule has 0 radical (unpaired) electrons. The number of nitrogens with zero attached hydrogens (tertiary/aromatic N) is 2. The van der Waals surface area contributed by atoms with Gasteiger partial charge in [-0.15, -0.1) is 24.8 Å². The molecule has 27 heavy (non-hydrogen) atoms. The van der Waals surface area contributed by atoms with Gasteiger partial charge < -0.3 is 15.6 Å². The van der Waals surface area contributed by atoms with Gasteiger partial charge in [0.05, 0.1) is 5.52 Å². The lowest BCUT2D eigenvalue weighted by molar-refractivity contribution is -0.126. The molecule has 3 N–H and O–H groups in total. The molecule has 0 spiro atoms. The van der Waals surface area contributed by atoms with E-state index in [1.54, 1.807) is 13.0 Å². The summed E-state index contributed by atoms with van der Waals surface area (Å²) in [5.74, 6) is 0.101. The maximum absolute atomic E-state index is 13.8. The highest BCUT2D eigenvalue weighted by atomic mass is 35.5. The van der Waals surface area contributed by atoms with Crippen LogP contribution >= 0.6 is 24.8 Å². The van der Waals surface area contributed by atoms with E-state index in [1.165, 1.54) is 6.07 Å². The predicted molar refractivity (Wildman–Crippen MR) is 110 cm³/mol. The fourth-order valence-corrected chi connectivity index (χ4v) is 2.84. The van der Waals surface area contributed by atoms with E-state index in [1.807, 2.05) is 48.0 Å². The van der Waals surface area contributed by atoms with Crippen LogP contribution < -0.4 is 11.1 Å². The van der Waals surface area contributed by atoms with E-state index < -0.39 is 5.54 Å². The van der Waals surface area contributed by atoms with Crippen molar-refractivity contribution in [2.24, 2.45) is 12.8 Å². The number of benzene rings is 2. The van der Waals surface area contributed by atoms with Crippen molar-refractivity contribution < 1.29 is 9.18 Å². The molecule has 0 aliphatic rings. The number of imidazole rings is 1. The zero-order valence-corrected chi connectivity index (χ0v) is 16.7. The lowest BCUT2D eigenvalue weighted by Gasteiger charge is -2.24. The fourth-order valence-electron chi connectivity index (χ4n) is 2.84. The summed E-state index contributed by atoms with van der Waals surface area (Å²) >= 11 is 0. The third kappa shape index (κ3) is 4.58. The number of para-hydroxylation sites is 1. The Morgan fingerprint density at radius 3 is 2.48 bits per heavy atom. The van der Waals surface area contributed by atoms with Crippen molar-refractivity contribution in [3.8, 4) is 0 Å². The molecule has 146 valence electrons. The van der Waals surface area contributed by atoms with Crippen molar-refractivity contribution in [1.82, 2.24) is 14.9 Å². The standard InChI is InChI=1S/C19H21FN4O.2ClH/c1-19(21,13-7-4-3-5-8-13)18(25)22-12-11-16-23-17-14(20)9-6-10-15(17)24(16)2;;/h3-10H,11-12,21H2,1-2H3,(H,22,25);2*1H. The van der Waals surface area contributed by atoms with Crippen LogP contribution in [0.1, 0.15) is 18.3 Å².